The van der Waals surface area contributed by atoms with Crippen LogP contribution in [0.4, 0.5) is 0 Å². The van der Waals surface area contributed by atoms with Crippen molar-refractivity contribution >= 4 is 5.91 Å². The molecule has 0 atom stereocenters. The van der Waals surface area contributed by atoms with Crippen LogP contribution in [-0.2, 0) is 0 Å². The molecule has 3 heteroatoms. The van der Waals surface area contributed by atoms with Crippen molar-refractivity contribution in [2.24, 2.45) is 11.7 Å². The van der Waals surface area contributed by atoms with Gasteiger partial charge >= 0.3 is 0 Å². The quantitative estimate of drug-likeness (QED) is 0.788. The smallest absolute Gasteiger partial charge is 0.251 e. The maximum atomic E-state index is 11.9. The lowest BCUT2D eigenvalue weighted by atomic mass is 10.0. The average Bonchev–Trinajstić information content (AvgIpc) is 3.19. The Kier molecular flexibility index (Phi) is 4.01. The summed E-state index contributed by atoms with van der Waals surface area (Å²) < 4.78 is 0. The number of hydrogen-bond acceptors (Lipinski definition) is 2. The van der Waals surface area contributed by atoms with E-state index < -0.39 is 0 Å². The van der Waals surface area contributed by atoms with Crippen molar-refractivity contribution in [2.45, 2.75) is 19.8 Å². The summed E-state index contributed by atoms with van der Waals surface area (Å²) in [5.41, 5.74) is 7.97. The molecule has 1 amide bonds. The maximum absolute atomic E-state index is 11.9. The molecule has 0 saturated heterocycles. The zero-order valence-electron chi connectivity index (χ0n) is 10.6. The number of nitrogens with two attached hydrogens (primary N) is 1. The lowest BCUT2D eigenvalue weighted by Crippen LogP contribution is -2.25. The molecule has 0 radical (unpaired) electrons. The Hall–Kier alpha value is -1.79. The topological polar surface area (TPSA) is 55.1 Å². The molecule has 0 heterocycles. The van der Waals surface area contributed by atoms with Gasteiger partial charge in [0.05, 0.1) is 6.54 Å². The molecule has 94 valence electrons. The molecule has 1 aliphatic rings. The van der Waals surface area contributed by atoms with Gasteiger partial charge in [-0.05, 0) is 43.4 Å². The average molecular weight is 242 g/mol. The third-order valence-corrected chi connectivity index (χ3v) is 3.07. The predicted molar refractivity (Wildman–Crippen MR) is 72.2 cm³/mol. The van der Waals surface area contributed by atoms with Gasteiger partial charge in [0.15, 0.2) is 0 Å². The van der Waals surface area contributed by atoms with Crippen LogP contribution in [0, 0.1) is 24.7 Å². The third-order valence-electron chi connectivity index (χ3n) is 3.07. The number of carbonyl (C=O) groups is 1. The Morgan fingerprint density at radius 3 is 2.94 bits per heavy atom. The van der Waals surface area contributed by atoms with Crippen molar-refractivity contribution in [3.63, 3.8) is 0 Å². The highest BCUT2D eigenvalue weighted by atomic mass is 16.1. The first-order valence-electron chi connectivity index (χ1n) is 6.28. The van der Waals surface area contributed by atoms with Crippen LogP contribution in [0.3, 0.4) is 0 Å². The first-order chi connectivity index (χ1) is 8.70. The molecule has 0 unspecified atom stereocenters. The lowest BCUT2D eigenvalue weighted by molar-refractivity contribution is 0.0952. The van der Waals surface area contributed by atoms with Crippen molar-refractivity contribution in [2.75, 3.05) is 13.1 Å². The number of aryl methyl sites for hydroxylation is 1. The fourth-order valence-electron chi connectivity index (χ4n) is 1.71. The molecule has 2 rings (SSSR count). The largest absolute Gasteiger partial charge is 0.352 e. The summed E-state index contributed by atoms with van der Waals surface area (Å²) in [7, 11) is 0. The normalized spacial score (nSPS) is 13.7. The van der Waals surface area contributed by atoms with Gasteiger partial charge in [0.25, 0.3) is 5.91 Å². The fraction of sp³-hybridized carbons (Fsp3) is 0.400. The number of nitrogens with one attached hydrogen (secondary N) is 1. The lowest BCUT2D eigenvalue weighted by Gasteiger charge is -2.06. The molecule has 0 bridgehead atoms. The van der Waals surface area contributed by atoms with Gasteiger partial charge in [-0.2, -0.15) is 0 Å². The zero-order chi connectivity index (χ0) is 13.0. The van der Waals surface area contributed by atoms with Crippen molar-refractivity contribution in [1.29, 1.82) is 0 Å². The van der Waals surface area contributed by atoms with E-state index >= 15 is 0 Å². The second-order valence-corrected chi connectivity index (χ2v) is 4.69. The van der Waals surface area contributed by atoms with Crippen molar-refractivity contribution in [3.05, 3.63) is 34.9 Å². The van der Waals surface area contributed by atoms with E-state index in [0.717, 1.165) is 17.7 Å². The molecular weight excluding hydrogens is 224 g/mol. The molecule has 1 aliphatic carbocycles. The summed E-state index contributed by atoms with van der Waals surface area (Å²) in [5, 5.41) is 2.95. The SMILES string of the molecule is Cc1ccc(C(=O)NCC2CC2)cc1C#CCN. The van der Waals surface area contributed by atoms with E-state index in [9.17, 15) is 4.79 Å². The van der Waals surface area contributed by atoms with Crippen LogP contribution in [0.25, 0.3) is 0 Å². The summed E-state index contributed by atoms with van der Waals surface area (Å²) in [4.78, 5) is 11.9. The highest BCUT2D eigenvalue weighted by Crippen LogP contribution is 2.27. The molecule has 3 N–H and O–H groups in total. The van der Waals surface area contributed by atoms with Gasteiger partial charge in [-0.3, -0.25) is 4.79 Å². The van der Waals surface area contributed by atoms with E-state index in [-0.39, 0.29) is 5.91 Å². The molecule has 0 aliphatic heterocycles. The number of rotatable bonds is 3. The molecule has 0 aromatic heterocycles. The number of benzene rings is 1. The van der Waals surface area contributed by atoms with Crippen LogP contribution in [0.5, 0.6) is 0 Å². The van der Waals surface area contributed by atoms with Crippen LogP contribution < -0.4 is 11.1 Å². The van der Waals surface area contributed by atoms with E-state index in [1.165, 1.54) is 12.8 Å². The number of amides is 1. The van der Waals surface area contributed by atoms with Crippen LogP contribution >= 0.6 is 0 Å². The Morgan fingerprint density at radius 2 is 2.28 bits per heavy atom. The van der Waals surface area contributed by atoms with E-state index in [0.29, 0.717) is 18.0 Å². The second-order valence-electron chi connectivity index (χ2n) is 4.69. The first-order valence-corrected chi connectivity index (χ1v) is 6.28. The fourth-order valence-corrected chi connectivity index (χ4v) is 1.71. The van der Waals surface area contributed by atoms with E-state index in [1.807, 2.05) is 25.1 Å². The van der Waals surface area contributed by atoms with Crippen LogP contribution in [0.15, 0.2) is 18.2 Å². The summed E-state index contributed by atoms with van der Waals surface area (Å²) in [6.45, 7) is 3.10. The summed E-state index contributed by atoms with van der Waals surface area (Å²) in [6.07, 6.45) is 2.48. The highest BCUT2D eigenvalue weighted by Gasteiger charge is 2.21. The minimum Gasteiger partial charge on any atom is -0.352 e. The van der Waals surface area contributed by atoms with Gasteiger partial charge in [-0.15, -0.1) is 0 Å². The Bertz CT molecular complexity index is 507. The van der Waals surface area contributed by atoms with E-state index in [1.54, 1.807) is 0 Å². The molecule has 3 nitrogen and oxygen atoms in total. The van der Waals surface area contributed by atoms with Crippen molar-refractivity contribution in [3.8, 4) is 11.8 Å². The third kappa shape index (κ3) is 3.35. The Labute approximate surface area is 108 Å². The summed E-state index contributed by atoms with van der Waals surface area (Å²) in [5.74, 6) is 6.48. The highest BCUT2D eigenvalue weighted by molar-refractivity contribution is 5.94. The van der Waals surface area contributed by atoms with E-state index in [2.05, 4.69) is 17.2 Å². The summed E-state index contributed by atoms with van der Waals surface area (Å²) >= 11 is 0. The maximum Gasteiger partial charge on any atom is 0.251 e. The van der Waals surface area contributed by atoms with Crippen LogP contribution in [0.2, 0.25) is 0 Å². The Balaban J connectivity index is 2.09. The molecular formula is C15H18N2O. The monoisotopic (exact) mass is 242 g/mol. The molecule has 0 spiro atoms. The van der Waals surface area contributed by atoms with Gasteiger partial charge in [0.1, 0.15) is 0 Å². The predicted octanol–water partition coefficient (Wildman–Crippen LogP) is 1.45. The molecule has 1 saturated carbocycles. The number of hydrogen-bond donors (Lipinski definition) is 2. The van der Waals surface area contributed by atoms with Gasteiger partial charge < -0.3 is 11.1 Å². The molecule has 18 heavy (non-hydrogen) atoms. The molecule has 1 aromatic carbocycles. The van der Waals surface area contributed by atoms with Crippen LogP contribution in [-0.4, -0.2) is 19.0 Å². The molecule has 1 fully saturated rings. The molecule has 1 aromatic rings. The van der Waals surface area contributed by atoms with Crippen molar-refractivity contribution in [1.82, 2.24) is 5.32 Å². The second kappa shape index (κ2) is 5.70. The van der Waals surface area contributed by atoms with Crippen molar-refractivity contribution < 1.29 is 4.79 Å². The van der Waals surface area contributed by atoms with Crippen LogP contribution in [0.1, 0.15) is 34.3 Å². The zero-order valence-corrected chi connectivity index (χ0v) is 10.6. The first kappa shape index (κ1) is 12.7. The minimum atomic E-state index is -0.0160. The van der Waals surface area contributed by atoms with E-state index in [4.69, 9.17) is 5.73 Å². The standard InChI is InChI=1S/C15H18N2O/c1-11-4-7-14(9-13(11)3-2-8-16)15(18)17-10-12-5-6-12/h4,7,9,12H,5-6,8,10,16H2,1H3,(H,17,18). The van der Waals surface area contributed by atoms with Gasteiger partial charge in [-0.25, -0.2) is 0 Å². The number of carbonyl (C=O) groups excluding carboxylic acids is 1. The van der Waals surface area contributed by atoms with Gasteiger partial charge in [-0.1, -0.05) is 17.9 Å². The van der Waals surface area contributed by atoms with Gasteiger partial charge in [0, 0.05) is 17.7 Å². The minimum absolute atomic E-state index is 0.0160. The van der Waals surface area contributed by atoms with Gasteiger partial charge in [0.2, 0.25) is 0 Å². The summed E-state index contributed by atoms with van der Waals surface area (Å²) in [6, 6.07) is 5.60. The Morgan fingerprint density at radius 1 is 1.50 bits per heavy atom.